The number of amides is 1. The number of para-hydroxylation sites is 1. The molecule has 3 aromatic rings. The van der Waals surface area contributed by atoms with Crippen LogP contribution < -0.4 is 14.4 Å². The van der Waals surface area contributed by atoms with Crippen LogP contribution in [0.3, 0.4) is 0 Å². The zero-order chi connectivity index (χ0) is 27.2. The van der Waals surface area contributed by atoms with Crippen LogP contribution in [0.25, 0.3) is 0 Å². The fourth-order valence-corrected chi connectivity index (χ4v) is 9.69. The number of methoxy groups -OCH3 is 1. The van der Waals surface area contributed by atoms with E-state index in [1.165, 1.54) is 63.3 Å². The van der Waals surface area contributed by atoms with Gasteiger partial charge >= 0.3 is 0 Å². The second kappa shape index (κ2) is 10.3. The molecule has 0 atom stereocenters. The molecule has 7 rings (SSSR count). The predicted molar refractivity (Wildman–Crippen MR) is 157 cm³/mol. The Labute approximate surface area is 238 Å². The van der Waals surface area contributed by atoms with Crippen molar-refractivity contribution in [2.24, 2.45) is 17.8 Å². The molecule has 4 bridgehead atoms. The van der Waals surface area contributed by atoms with Gasteiger partial charge in [-0.2, -0.15) is 0 Å². The molecule has 4 saturated carbocycles. The molecule has 1 N–H and O–H groups in total. The Balaban J connectivity index is 1.21. The summed E-state index contributed by atoms with van der Waals surface area (Å²) in [6.07, 6.45) is 8.08. The summed E-state index contributed by atoms with van der Waals surface area (Å²) in [6.45, 7) is -0.354. The molecule has 0 radical (unpaired) electrons. The highest BCUT2D eigenvalue weighted by Gasteiger charge is 2.51. The first-order chi connectivity index (χ1) is 18.8. The molecule has 204 valence electrons. The highest BCUT2D eigenvalue weighted by atomic mass is 79.9. The van der Waals surface area contributed by atoms with Gasteiger partial charge in [0.15, 0.2) is 0 Å². The highest BCUT2D eigenvalue weighted by Crippen LogP contribution is 2.60. The molecule has 0 unspecified atom stereocenters. The predicted octanol–water partition coefficient (Wildman–Crippen LogP) is 6.76. The van der Waals surface area contributed by atoms with Gasteiger partial charge in [0, 0.05) is 5.69 Å². The first kappa shape index (κ1) is 26.4. The van der Waals surface area contributed by atoms with E-state index in [0.29, 0.717) is 27.0 Å². The number of rotatable bonds is 8. The molecule has 0 saturated heterocycles. The SMILES string of the molecule is COc1ccc(S(=O)(=O)N(CC(=O)Nc2ccc(C34CC5CC(CC(C5)C3)C4)cc2)c2ccccc2)cc1Br. The van der Waals surface area contributed by atoms with Gasteiger partial charge in [-0.15, -0.1) is 0 Å². The summed E-state index contributed by atoms with van der Waals surface area (Å²) in [4.78, 5) is 13.3. The minimum atomic E-state index is -4.03. The van der Waals surface area contributed by atoms with Crippen molar-refractivity contribution >= 4 is 43.2 Å². The summed E-state index contributed by atoms with van der Waals surface area (Å²) in [6, 6.07) is 21.5. The Morgan fingerprint density at radius 1 is 0.949 bits per heavy atom. The number of nitrogens with zero attached hydrogens (tertiary/aromatic N) is 1. The number of sulfonamides is 1. The minimum Gasteiger partial charge on any atom is -0.496 e. The smallest absolute Gasteiger partial charge is 0.264 e. The van der Waals surface area contributed by atoms with Crippen LogP contribution in [0, 0.1) is 17.8 Å². The summed E-state index contributed by atoms with van der Waals surface area (Å²) in [5.74, 6) is 2.72. The third-order valence-corrected chi connectivity index (χ3v) is 11.3. The number of carbonyl (C=O) groups excluding carboxylic acids is 1. The first-order valence-corrected chi connectivity index (χ1v) is 15.8. The molecule has 1 amide bonds. The normalized spacial score (nSPS) is 25.3. The van der Waals surface area contributed by atoms with Gasteiger partial charge in [-0.25, -0.2) is 8.42 Å². The van der Waals surface area contributed by atoms with E-state index in [4.69, 9.17) is 4.74 Å². The van der Waals surface area contributed by atoms with E-state index < -0.39 is 15.9 Å². The van der Waals surface area contributed by atoms with Gasteiger partial charge in [-0.3, -0.25) is 9.10 Å². The number of nitrogens with one attached hydrogen (secondary N) is 1. The lowest BCUT2D eigenvalue weighted by Crippen LogP contribution is -2.48. The van der Waals surface area contributed by atoms with Gasteiger partial charge in [0.05, 0.1) is 22.2 Å². The van der Waals surface area contributed by atoms with E-state index in [0.717, 1.165) is 22.1 Å². The van der Waals surface area contributed by atoms with Crippen molar-refractivity contribution in [3.63, 3.8) is 0 Å². The van der Waals surface area contributed by atoms with Crippen LogP contribution in [0.4, 0.5) is 11.4 Å². The summed E-state index contributed by atoms with van der Waals surface area (Å²) in [5.41, 5.74) is 2.77. The molecule has 0 aromatic heterocycles. The van der Waals surface area contributed by atoms with Crippen molar-refractivity contribution < 1.29 is 17.9 Å². The Morgan fingerprint density at radius 2 is 1.56 bits per heavy atom. The zero-order valence-corrected chi connectivity index (χ0v) is 24.4. The summed E-state index contributed by atoms with van der Waals surface area (Å²) < 4.78 is 34.3. The zero-order valence-electron chi connectivity index (χ0n) is 22.0. The maximum absolute atomic E-state index is 13.7. The topological polar surface area (TPSA) is 75.7 Å². The quantitative estimate of drug-likeness (QED) is 0.306. The summed E-state index contributed by atoms with van der Waals surface area (Å²) in [5, 5.41) is 2.92. The molecule has 0 heterocycles. The number of benzene rings is 3. The van der Waals surface area contributed by atoms with Crippen molar-refractivity contribution in [2.75, 3.05) is 23.3 Å². The van der Waals surface area contributed by atoms with E-state index in [-0.39, 0.29) is 11.4 Å². The van der Waals surface area contributed by atoms with Gasteiger partial charge in [0.25, 0.3) is 10.0 Å². The van der Waals surface area contributed by atoms with Gasteiger partial charge in [-0.1, -0.05) is 30.3 Å². The van der Waals surface area contributed by atoms with Crippen molar-refractivity contribution in [3.05, 3.63) is 82.8 Å². The van der Waals surface area contributed by atoms with Crippen LogP contribution in [-0.4, -0.2) is 28.0 Å². The van der Waals surface area contributed by atoms with E-state index in [9.17, 15) is 13.2 Å². The van der Waals surface area contributed by atoms with Crippen LogP contribution in [0.5, 0.6) is 5.75 Å². The number of anilines is 2. The Bertz CT molecular complexity index is 1440. The molecule has 0 spiro atoms. The molecule has 4 aliphatic carbocycles. The summed E-state index contributed by atoms with van der Waals surface area (Å²) in [7, 11) is -2.52. The minimum absolute atomic E-state index is 0.0618. The molecule has 3 aromatic carbocycles. The highest BCUT2D eigenvalue weighted by molar-refractivity contribution is 9.10. The molecule has 4 fully saturated rings. The van der Waals surface area contributed by atoms with Gasteiger partial charge in [0.2, 0.25) is 5.91 Å². The van der Waals surface area contributed by atoms with Crippen LogP contribution in [-0.2, 0) is 20.2 Å². The monoisotopic (exact) mass is 608 g/mol. The molecule has 8 heteroatoms. The van der Waals surface area contributed by atoms with E-state index in [2.05, 4.69) is 33.4 Å². The van der Waals surface area contributed by atoms with Crippen molar-refractivity contribution in [2.45, 2.75) is 48.8 Å². The van der Waals surface area contributed by atoms with Gasteiger partial charge in [0.1, 0.15) is 12.3 Å². The fourth-order valence-electron chi connectivity index (χ4n) is 7.55. The number of halogens is 1. The number of carbonyl (C=O) groups is 1. The van der Waals surface area contributed by atoms with Crippen LogP contribution in [0.1, 0.15) is 44.1 Å². The average molecular weight is 610 g/mol. The maximum atomic E-state index is 13.7. The van der Waals surface area contributed by atoms with Crippen molar-refractivity contribution in [1.82, 2.24) is 0 Å². The fraction of sp³-hybridized carbons (Fsp3) is 0.387. The van der Waals surface area contributed by atoms with Crippen LogP contribution in [0.2, 0.25) is 0 Å². The number of hydrogen-bond acceptors (Lipinski definition) is 4. The largest absolute Gasteiger partial charge is 0.496 e. The molecule has 0 aliphatic heterocycles. The average Bonchev–Trinajstić information content (AvgIpc) is 2.91. The molecule has 4 aliphatic rings. The van der Waals surface area contributed by atoms with Crippen molar-refractivity contribution in [3.8, 4) is 5.75 Å². The Morgan fingerprint density at radius 3 is 2.13 bits per heavy atom. The van der Waals surface area contributed by atoms with Crippen LogP contribution >= 0.6 is 15.9 Å². The molecular weight excluding hydrogens is 576 g/mol. The van der Waals surface area contributed by atoms with Gasteiger partial charge < -0.3 is 10.1 Å². The standard InChI is InChI=1S/C31H33BrN2O4S/c1-38-29-12-11-27(16-28(29)32)39(36,37)34(26-5-3-2-4-6-26)20-30(35)33-25-9-7-24(8-10-25)31-17-21-13-22(18-31)15-23(14-21)19-31/h2-12,16,21-23H,13-15,17-20H2,1H3,(H,33,35). The number of ether oxygens (including phenoxy) is 1. The van der Waals surface area contributed by atoms with Crippen LogP contribution in [0.15, 0.2) is 82.2 Å². The Hall–Kier alpha value is -2.84. The lowest BCUT2D eigenvalue weighted by atomic mass is 9.48. The second-order valence-corrected chi connectivity index (χ2v) is 14.2. The van der Waals surface area contributed by atoms with Crippen molar-refractivity contribution in [1.29, 1.82) is 0 Å². The lowest BCUT2D eigenvalue weighted by Gasteiger charge is -2.57. The van der Waals surface area contributed by atoms with E-state index in [1.807, 2.05) is 18.2 Å². The third-order valence-electron chi connectivity index (χ3n) is 8.86. The number of hydrogen-bond donors (Lipinski definition) is 1. The Kier molecular flexibility index (Phi) is 6.96. The second-order valence-electron chi connectivity index (χ2n) is 11.5. The first-order valence-electron chi connectivity index (χ1n) is 13.6. The van der Waals surface area contributed by atoms with E-state index in [1.54, 1.807) is 30.3 Å². The molecule has 39 heavy (non-hydrogen) atoms. The van der Waals surface area contributed by atoms with Gasteiger partial charge in [-0.05, 0) is 126 Å². The molecule has 6 nitrogen and oxygen atoms in total. The molecular formula is C31H33BrN2O4S. The van der Waals surface area contributed by atoms with E-state index >= 15 is 0 Å². The third kappa shape index (κ3) is 5.09. The maximum Gasteiger partial charge on any atom is 0.264 e. The summed E-state index contributed by atoms with van der Waals surface area (Å²) >= 11 is 3.37. The lowest BCUT2D eigenvalue weighted by molar-refractivity contribution is -0.114.